The van der Waals surface area contributed by atoms with Gasteiger partial charge < -0.3 is 6.15 Å². The molecule has 0 heterocycles. The molecule has 11 heavy (non-hydrogen) atoms. The van der Waals surface area contributed by atoms with E-state index in [0.29, 0.717) is 0 Å². The van der Waals surface area contributed by atoms with Crippen molar-refractivity contribution in [2.24, 2.45) is 11.8 Å². The Morgan fingerprint density at radius 1 is 1.09 bits per heavy atom. The minimum absolute atomic E-state index is 0. The third-order valence-electron chi connectivity index (χ3n) is 2.40. The van der Waals surface area contributed by atoms with Crippen molar-refractivity contribution in [3.63, 3.8) is 0 Å². The van der Waals surface area contributed by atoms with Crippen LogP contribution in [0.25, 0.3) is 0 Å². The molecule has 0 aliphatic rings. The minimum atomic E-state index is 0. The Kier molecular flexibility index (Phi) is 9.92. The van der Waals surface area contributed by atoms with Gasteiger partial charge in [-0.2, -0.15) is 0 Å². The fraction of sp³-hybridized carbons (Fsp3) is 1.00. The van der Waals surface area contributed by atoms with Gasteiger partial charge >= 0.3 is 0 Å². The van der Waals surface area contributed by atoms with Crippen LogP contribution < -0.4 is 6.15 Å². The SMILES string of the molecule is CCCCC(CC)C(C)C.N. The highest BCUT2D eigenvalue weighted by Gasteiger charge is 2.08. The number of hydrogen-bond donors (Lipinski definition) is 1. The van der Waals surface area contributed by atoms with E-state index in [1.807, 2.05) is 0 Å². The Balaban J connectivity index is 0. The molecule has 0 saturated carbocycles. The molecule has 0 aliphatic heterocycles. The van der Waals surface area contributed by atoms with Crippen molar-refractivity contribution in [3.8, 4) is 0 Å². The van der Waals surface area contributed by atoms with Crippen LogP contribution >= 0.6 is 0 Å². The van der Waals surface area contributed by atoms with Crippen molar-refractivity contribution in [1.29, 1.82) is 0 Å². The second-order valence-electron chi connectivity index (χ2n) is 3.55. The molecule has 3 N–H and O–H groups in total. The van der Waals surface area contributed by atoms with Crippen LogP contribution in [0.3, 0.4) is 0 Å². The molecular weight excluding hydrogens is 134 g/mol. The molecule has 1 nitrogen and oxygen atoms in total. The fourth-order valence-corrected chi connectivity index (χ4v) is 1.48. The zero-order valence-electron chi connectivity index (χ0n) is 8.69. The molecule has 0 aliphatic carbocycles. The third-order valence-corrected chi connectivity index (χ3v) is 2.40. The molecule has 0 aromatic carbocycles. The molecule has 70 valence electrons. The topological polar surface area (TPSA) is 35.0 Å². The summed E-state index contributed by atoms with van der Waals surface area (Å²) in [5.74, 6) is 1.86. The summed E-state index contributed by atoms with van der Waals surface area (Å²) in [6.45, 7) is 9.25. The first kappa shape index (κ1) is 13.5. The lowest BCUT2D eigenvalue weighted by atomic mass is 9.89. The van der Waals surface area contributed by atoms with Gasteiger partial charge in [-0.15, -0.1) is 0 Å². The summed E-state index contributed by atoms with van der Waals surface area (Å²) >= 11 is 0. The van der Waals surface area contributed by atoms with Crippen LogP contribution in [0.15, 0.2) is 0 Å². The van der Waals surface area contributed by atoms with Crippen molar-refractivity contribution < 1.29 is 0 Å². The van der Waals surface area contributed by atoms with Crippen LogP contribution in [0.4, 0.5) is 0 Å². The number of rotatable bonds is 5. The molecule has 1 unspecified atom stereocenters. The summed E-state index contributed by atoms with van der Waals surface area (Å²) < 4.78 is 0. The van der Waals surface area contributed by atoms with Gasteiger partial charge in [-0.1, -0.05) is 53.4 Å². The first-order valence-corrected chi connectivity index (χ1v) is 4.72. The lowest BCUT2D eigenvalue weighted by Crippen LogP contribution is -2.06. The summed E-state index contributed by atoms with van der Waals surface area (Å²) in [5, 5.41) is 0. The number of hydrogen-bond acceptors (Lipinski definition) is 1. The third kappa shape index (κ3) is 6.36. The lowest BCUT2D eigenvalue weighted by molar-refractivity contribution is 0.339. The Bertz CT molecular complexity index is 69.3. The van der Waals surface area contributed by atoms with Gasteiger partial charge in [0.05, 0.1) is 0 Å². The van der Waals surface area contributed by atoms with Crippen LogP contribution in [0.5, 0.6) is 0 Å². The van der Waals surface area contributed by atoms with Crippen LogP contribution in [-0.2, 0) is 0 Å². The summed E-state index contributed by atoms with van der Waals surface area (Å²) in [7, 11) is 0. The van der Waals surface area contributed by atoms with E-state index < -0.39 is 0 Å². The molecule has 1 heteroatoms. The van der Waals surface area contributed by atoms with E-state index in [1.165, 1.54) is 25.7 Å². The van der Waals surface area contributed by atoms with Crippen LogP contribution in [0.2, 0.25) is 0 Å². The second kappa shape index (κ2) is 8.06. The van der Waals surface area contributed by atoms with E-state index in [9.17, 15) is 0 Å². The van der Waals surface area contributed by atoms with Crippen molar-refractivity contribution in [3.05, 3.63) is 0 Å². The molecule has 0 amide bonds. The minimum Gasteiger partial charge on any atom is -0.344 e. The highest BCUT2D eigenvalue weighted by Crippen LogP contribution is 2.20. The zero-order valence-corrected chi connectivity index (χ0v) is 8.69. The van der Waals surface area contributed by atoms with E-state index in [-0.39, 0.29) is 6.15 Å². The fourth-order valence-electron chi connectivity index (χ4n) is 1.48. The summed E-state index contributed by atoms with van der Waals surface area (Å²) in [6.07, 6.45) is 5.56. The van der Waals surface area contributed by atoms with E-state index in [1.54, 1.807) is 0 Å². The largest absolute Gasteiger partial charge is 0.344 e. The van der Waals surface area contributed by atoms with E-state index >= 15 is 0 Å². The van der Waals surface area contributed by atoms with E-state index in [2.05, 4.69) is 27.7 Å². The first-order chi connectivity index (χ1) is 4.72. The molecule has 0 aromatic heterocycles. The average Bonchev–Trinajstić information content (AvgIpc) is 1.89. The van der Waals surface area contributed by atoms with Crippen LogP contribution in [0.1, 0.15) is 53.4 Å². The van der Waals surface area contributed by atoms with E-state index in [0.717, 1.165) is 11.8 Å². The van der Waals surface area contributed by atoms with Crippen molar-refractivity contribution in [1.82, 2.24) is 6.15 Å². The van der Waals surface area contributed by atoms with Gasteiger partial charge in [0.2, 0.25) is 0 Å². The second-order valence-corrected chi connectivity index (χ2v) is 3.55. The summed E-state index contributed by atoms with van der Waals surface area (Å²) in [5.41, 5.74) is 0. The maximum atomic E-state index is 2.34. The summed E-state index contributed by atoms with van der Waals surface area (Å²) in [6, 6.07) is 0. The molecule has 0 rings (SSSR count). The van der Waals surface area contributed by atoms with Gasteiger partial charge in [-0.25, -0.2) is 0 Å². The molecule has 1 atom stereocenters. The number of unbranched alkanes of at least 4 members (excludes halogenated alkanes) is 1. The van der Waals surface area contributed by atoms with Crippen LogP contribution in [-0.4, -0.2) is 0 Å². The molecular formula is C10H25N. The normalized spacial score (nSPS) is 12.8. The van der Waals surface area contributed by atoms with Crippen molar-refractivity contribution in [2.75, 3.05) is 0 Å². The van der Waals surface area contributed by atoms with Gasteiger partial charge in [-0.3, -0.25) is 0 Å². The van der Waals surface area contributed by atoms with Gasteiger partial charge in [0.15, 0.2) is 0 Å². The maximum Gasteiger partial charge on any atom is -0.0394 e. The average molecular weight is 159 g/mol. The standard InChI is InChI=1S/C10H22.H3N/c1-5-7-8-10(6-2)9(3)4;/h9-10H,5-8H2,1-4H3;1H3. The van der Waals surface area contributed by atoms with Gasteiger partial charge in [0.1, 0.15) is 0 Å². The molecule has 0 spiro atoms. The Morgan fingerprint density at radius 3 is 1.91 bits per heavy atom. The molecule has 0 radical (unpaired) electrons. The van der Waals surface area contributed by atoms with Gasteiger partial charge in [0.25, 0.3) is 0 Å². The maximum absolute atomic E-state index is 2.34. The molecule has 0 bridgehead atoms. The molecule has 0 aromatic rings. The lowest BCUT2D eigenvalue weighted by Gasteiger charge is -2.17. The Morgan fingerprint density at radius 2 is 1.64 bits per heavy atom. The molecule has 0 fully saturated rings. The Hall–Kier alpha value is -0.0400. The van der Waals surface area contributed by atoms with Crippen LogP contribution in [0, 0.1) is 11.8 Å². The smallest absolute Gasteiger partial charge is 0.0394 e. The van der Waals surface area contributed by atoms with Crippen molar-refractivity contribution in [2.45, 2.75) is 53.4 Å². The van der Waals surface area contributed by atoms with E-state index in [4.69, 9.17) is 0 Å². The molecule has 0 saturated heterocycles. The predicted octanol–water partition coefficient (Wildman–Crippen LogP) is 4.02. The monoisotopic (exact) mass is 159 g/mol. The predicted molar refractivity (Wildman–Crippen MR) is 53.2 cm³/mol. The summed E-state index contributed by atoms with van der Waals surface area (Å²) in [4.78, 5) is 0. The van der Waals surface area contributed by atoms with Gasteiger partial charge in [-0.05, 0) is 11.8 Å². The highest BCUT2D eigenvalue weighted by molar-refractivity contribution is 4.60. The van der Waals surface area contributed by atoms with Gasteiger partial charge in [0, 0.05) is 0 Å². The highest BCUT2D eigenvalue weighted by atomic mass is 14.1. The zero-order chi connectivity index (χ0) is 7.98. The Labute approximate surface area is 72.2 Å². The van der Waals surface area contributed by atoms with Crippen molar-refractivity contribution >= 4 is 0 Å². The first-order valence-electron chi connectivity index (χ1n) is 4.72. The quantitative estimate of drug-likeness (QED) is 0.646.